The summed E-state index contributed by atoms with van der Waals surface area (Å²) >= 11 is 0. The zero-order valence-corrected chi connectivity index (χ0v) is 10.6. The standard InChI is InChI=1S/C13H27NO/c1-4-11-8-6-5-7-9-13(2,14)12(10-11)15-3/h11-12H,4-10,14H2,1-3H3. The topological polar surface area (TPSA) is 35.2 Å². The number of methoxy groups -OCH3 is 1. The fourth-order valence-electron chi connectivity index (χ4n) is 2.70. The van der Waals surface area contributed by atoms with E-state index >= 15 is 0 Å². The first-order valence-electron chi connectivity index (χ1n) is 6.41. The van der Waals surface area contributed by atoms with Gasteiger partial charge in [-0.1, -0.05) is 39.0 Å². The summed E-state index contributed by atoms with van der Waals surface area (Å²) in [4.78, 5) is 0. The molecule has 0 heterocycles. The average molecular weight is 213 g/mol. The molecule has 2 N–H and O–H groups in total. The van der Waals surface area contributed by atoms with Crippen LogP contribution in [0.5, 0.6) is 0 Å². The van der Waals surface area contributed by atoms with Crippen molar-refractivity contribution in [2.24, 2.45) is 11.7 Å². The molecule has 2 heteroatoms. The summed E-state index contributed by atoms with van der Waals surface area (Å²) in [5.74, 6) is 0.802. The highest BCUT2D eigenvalue weighted by Crippen LogP contribution is 2.30. The first-order chi connectivity index (χ1) is 7.10. The molecule has 0 aromatic rings. The lowest BCUT2D eigenvalue weighted by molar-refractivity contribution is 0.0202. The first-order valence-corrected chi connectivity index (χ1v) is 6.41. The maximum atomic E-state index is 6.36. The molecule has 2 nitrogen and oxygen atoms in total. The molecule has 0 amide bonds. The largest absolute Gasteiger partial charge is 0.380 e. The highest BCUT2D eigenvalue weighted by atomic mass is 16.5. The van der Waals surface area contributed by atoms with E-state index in [2.05, 4.69) is 13.8 Å². The lowest BCUT2D eigenvalue weighted by Crippen LogP contribution is -2.49. The van der Waals surface area contributed by atoms with Crippen LogP contribution >= 0.6 is 0 Å². The maximum Gasteiger partial charge on any atom is 0.0750 e. The van der Waals surface area contributed by atoms with Crippen molar-refractivity contribution in [1.29, 1.82) is 0 Å². The van der Waals surface area contributed by atoms with Crippen molar-refractivity contribution < 1.29 is 4.74 Å². The molecule has 1 fully saturated rings. The molecule has 0 aromatic heterocycles. The smallest absolute Gasteiger partial charge is 0.0750 e. The van der Waals surface area contributed by atoms with E-state index < -0.39 is 0 Å². The molecule has 15 heavy (non-hydrogen) atoms. The number of hydrogen-bond acceptors (Lipinski definition) is 2. The quantitative estimate of drug-likeness (QED) is 0.765. The Kier molecular flexibility index (Phi) is 5.07. The molecular weight excluding hydrogens is 186 g/mol. The van der Waals surface area contributed by atoms with Gasteiger partial charge < -0.3 is 10.5 Å². The second-order valence-corrected chi connectivity index (χ2v) is 5.34. The Hall–Kier alpha value is -0.0800. The molecule has 1 rings (SSSR count). The molecule has 0 saturated heterocycles. The summed E-state index contributed by atoms with van der Waals surface area (Å²) in [6.45, 7) is 4.43. The molecule has 1 aliphatic rings. The summed E-state index contributed by atoms with van der Waals surface area (Å²) < 4.78 is 5.60. The minimum Gasteiger partial charge on any atom is -0.380 e. The monoisotopic (exact) mass is 213 g/mol. The summed E-state index contributed by atoms with van der Waals surface area (Å²) in [5, 5.41) is 0. The van der Waals surface area contributed by atoms with Crippen molar-refractivity contribution in [1.82, 2.24) is 0 Å². The molecule has 1 saturated carbocycles. The van der Waals surface area contributed by atoms with E-state index in [4.69, 9.17) is 10.5 Å². The molecule has 90 valence electrons. The fourth-order valence-corrected chi connectivity index (χ4v) is 2.70. The van der Waals surface area contributed by atoms with Gasteiger partial charge in [0.25, 0.3) is 0 Å². The predicted octanol–water partition coefficient (Wildman–Crippen LogP) is 3.10. The minimum absolute atomic E-state index is 0.132. The third-order valence-corrected chi connectivity index (χ3v) is 3.97. The Morgan fingerprint density at radius 1 is 1.33 bits per heavy atom. The fraction of sp³-hybridized carbons (Fsp3) is 1.00. The van der Waals surface area contributed by atoms with Crippen LogP contribution in [0.3, 0.4) is 0 Å². The summed E-state index contributed by atoms with van der Waals surface area (Å²) in [5.41, 5.74) is 6.23. The van der Waals surface area contributed by atoms with E-state index in [9.17, 15) is 0 Å². The van der Waals surface area contributed by atoms with Gasteiger partial charge in [0.05, 0.1) is 6.10 Å². The van der Waals surface area contributed by atoms with E-state index in [0.29, 0.717) is 0 Å². The SMILES string of the molecule is CCC1CCCCCC(C)(N)C(OC)C1. The second kappa shape index (κ2) is 5.86. The van der Waals surface area contributed by atoms with Crippen LogP contribution < -0.4 is 5.73 Å². The van der Waals surface area contributed by atoms with Crippen LogP contribution in [0.4, 0.5) is 0 Å². The number of nitrogens with two attached hydrogens (primary N) is 1. The third kappa shape index (κ3) is 3.76. The van der Waals surface area contributed by atoms with Crippen molar-refractivity contribution in [2.75, 3.05) is 7.11 Å². The predicted molar refractivity (Wildman–Crippen MR) is 64.9 cm³/mol. The van der Waals surface area contributed by atoms with Crippen LogP contribution in [0, 0.1) is 5.92 Å². The van der Waals surface area contributed by atoms with Gasteiger partial charge in [0, 0.05) is 12.6 Å². The molecule has 0 radical (unpaired) electrons. The number of hydrogen-bond donors (Lipinski definition) is 1. The molecule has 1 aliphatic carbocycles. The molecule has 0 spiro atoms. The second-order valence-electron chi connectivity index (χ2n) is 5.34. The zero-order chi connectivity index (χ0) is 11.3. The summed E-state index contributed by atoms with van der Waals surface area (Å²) in [6, 6.07) is 0. The number of ether oxygens (including phenoxy) is 1. The van der Waals surface area contributed by atoms with Gasteiger partial charge in [-0.3, -0.25) is 0 Å². The van der Waals surface area contributed by atoms with Crippen molar-refractivity contribution in [2.45, 2.75) is 70.4 Å². The van der Waals surface area contributed by atoms with Crippen LogP contribution in [0.15, 0.2) is 0 Å². The van der Waals surface area contributed by atoms with Gasteiger partial charge >= 0.3 is 0 Å². The van der Waals surface area contributed by atoms with E-state index in [1.54, 1.807) is 7.11 Å². The van der Waals surface area contributed by atoms with Gasteiger partial charge in [-0.25, -0.2) is 0 Å². The first kappa shape index (κ1) is 13.0. The lowest BCUT2D eigenvalue weighted by Gasteiger charge is -2.34. The van der Waals surface area contributed by atoms with E-state index in [1.165, 1.54) is 32.1 Å². The van der Waals surface area contributed by atoms with Crippen molar-refractivity contribution in [3.63, 3.8) is 0 Å². The zero-order valence-electron chi connectivity index (χ0n) is 10.6. The van der Waals surface area contributed by atoms with Crippen LogP contribution in [-0.4, -0.2) is 18.8 Å². The molecule has 3 atom stereocenters. The van der Waals surface area contributed by atoms with E-state index in [1.807, 2.05) is 0 Å². The van der Waals surface area contributed by atoms with Crippen LogP contribution in [0.1, 0.15) is 58.8 Å². The van der Waals surface area contributed by atoms with Crippen molar-refractivity contribution >= 4 is 0 Å². The minimum atomic E-state index is -0.132. The molecule has 0 bridgehead atoms. The lowest BCUT2D eigenvalue weighted by atomic mass is 9.84. The Morgan fingerprint density at radius 2 is 2.07 bits per heavy atom. The molecule has 0 aromatic carbocycles. The van der Waals surface area contributed by atoms with Gasteiger partial charge in [-0.2, -0.15) is 0 Å². The van der Waals surface area contributed by atoms with Crippen LogP contribution in [-0.2, 0) is 4.74 Å². The van der Waals surface area contributed by atoms with Gasteiger partial charge in [-0.05, 0) is 25.7 Å². The highest BCUT2D eigenvalue weighted by molar-refractivity contribution is 4.90. The molecule has 3 unspecified atom stereocenters. The van der Waals surface area contributed by atoms with E-state index in [0.717, 1.165) is 18.8 Å². The molecular formula is C13H27NO. The van der Waals surface area contributed by atoms with Gasteiger partial charge in [-0.15, -0.1) is 0 Å². The Balaban J connectivity index is 2.66. The average Bonchev–Trinajstić information content (AvgIpc) is 2.27. The van der Waals surface area contributed by atoms with Gasteiger partial charge in [0.2, 0.25) is 0 Å². The van der Waals surface area contributed by atoms with Crippen molar-refractivity contribution in [3.05, 3.63) is 0 Å². The number of rotatable bonds is 2. The summed E-state index contributed by atoms with van der Waals surface area (Å²) in [6.07, 6.45) is 9.04. The Bertz CT molecular complexity index is 179. The van der Waals surface area contributed by atoms with Gasteiger partial charge in [0.1, 0.15) is 0 Å². The maximum absolute atomic E-state index is 6.36. The van der Waals surface area contributed by atoms with Crippen LogP contribution in [0.2, 0.25) is 0 Å². The normalized spacial score (nSPS) is 39.2. The van der Waals surface area contributed by atoms with Crippen molar-refractivity contribution in [3.8, 4) is 0 Å². The third-order valence-electron chi connectivity index (χ3n) is 3.97. The van der Waals surface area contributed by atoms with Gasteiger partial charge in [0.15, 0.2) is 0 Å². The molecule has 0 aliphatic heterocycles. The Morgan fingerprint density at radius 3 is 2.67 bits per heavy atom. The van der Waals surface area contributed by atoms with E-state index in [-0.39, 0.29) is 11.6 Å². The van der Waals surface area contributed by atoms with Crippen LogP contribution in [0.25, 0.3) is 0 Å². The Labute approximate surface area is 94.6 Å². The summed E-state index contributed by atoms with van der Waals surface area (Å²) in [7, 11) is 1.81. The highest BCUT2D eigenvalue weighted by Gasteiger charge is 2.32.